The number of alkyl halides is 1. The number of fused-ring (bicyclic) bond motifs is 1. The summed E-state index contributed by atoms with van der Waals surface area (Å²) < 4.78 is 68.9. The van der Waals surface area contributed by atoms with E-state index in [4.69, 9.17) is 11.6 Å². The molecular formula is C18H16ClF3N4O3S. The highest BCUT2D eigenvalue weighted by atomic mass is 35.5. The van der Waals surface area contributed by atoms with E-state index in [2.05, 4.69) is 9.97 Å². The van der Waals surface area contributed by atoms with Gasteiger partial charge in [-0.25, -0.2) is 13.8 Å². The normalized spacial score (nSPS) is 11.9. The van der Waals surface area contributed by atoms with Crippen molar-refractivity contribution >= 4 is 44.3 Å². The molecule has 2 N–H and O–H groups in total. The van der Waals surface area contributed by atoms with Crippen LogP contribution in [0.2, 0.25) is 5.02 Å². The lowest BCUT2D eigenvalue weighted by Crippen LogP contribution is -2.34. The molecule has 0 spiro atoms. The van der Waals surface area contributed by atoms with Crippen LogP contribution >= 0.6 is 11.6 Å². The second-order valence-corrected chi connectivity index (χ2v) is 8.55. The molecule has 0 aliphatic carbocycles. The Morgan fingerprint density at radius 1 is 1.33 bits per heavy atom. The predicted molar refractivity (Wildman–Crippen MR) is 107 cm³/mol. The van der Waals surface area contributed by atoms with Gasteiger partial charge in [0.05, 0.1) is 22.9 Å². The van der Waals surface area contributed by atoms with Crippen LogP contribution in [0.5, 0.6) is 0 Å². The highest BCUT2D eigenvalue weighted by Crippen LogP contribution is 2.28. The van der Waals surface area contributed by atoms with Crippen molar-refractivity contribution in [2.45, 2.75) is 6.42 Å². The molecule has 30 heavy (non-hydrogen) atoms. The molecule has 0 saturated heterocycles. The Labute approximate surface area is 175 Å². The summed E-state index contributed by atoms with van der Waals surface area (Å²) >= 11 is 5.88. The monoisotopic (exact) mass is 460 g/mol. The van der Waals surface area contributed by atoms with Crippen LogP contribution < -0.4 is 4.72 Å². The van der Waals surface area contributed by atoms with Crippen LogP contribution in [-0.2, 0) is 10.2 Å². The minimum atomic E-state index is -4.25. The smallest absolute Gasteiger partial charge is 0.301 e. The molecule has 0 fully saturated rings. The maximum Gasteiger partial charge on any atom is 0.301 e. The van der Waals surface area contributed by atoms with Crippen molar-refractivity contribution in [3.05, 3.63) is 58.4 Å². The van der Waals surface area contributed by atoms with Crippen LogP contribution in [0.15, 0.2) is 30.6 Å². The second kappa shape index (κ2) is 8.62. The number of benzene rings is 1. The fraction of sp³-hybridized carbons (Fsp3) is 0.222. The average molecular weight is 461 g/mol. The number of H-pyrrole nitrogens is 1. The lowest BCUT2D eigenvalue weighted by atomic mass is 10.0. The zero-order valence-electron chi connectivity index (χ0n) is 15.5. The molecule has 3 aromatic rings. The number of ketones is 1. The standard InChI is InChI=1S/C18H16ClF3N4O3S/c1-26(6-2-5-20)30(28,29)25-14-4-3-13(21)15(16(14)22)17(27)12-9-24-18-11(12)7-10(19)8-23-18/h3-4,7-9,25H,2,5-6H2,1H3,(H,23,24). The molecule has 3 rings (SSSR count). The first kappa shape index (κ1) is 22.1. The van der Waals surface area contributed by atoms with Crippen molar-refractivity contribution in [3.63, 3.8) is 0 Å². The van der Waals surface area contributed by atoms with E-state index in [-0.39, 0.29) is 34.6 Å². The number of hydrogen-bond donors (Lipinski definition) is 2. The van der Waals surface area contributed by atoms with Gasteiger partial charge in [0.1, 0.15) is 11.5 Å². The summed E-state index contributed by atoms with van der Waals surface area (Å²) in [6.07, 6.45) is 2.52. The number of anilines is 1. The van der Waals surface area contributed by atoms with E-state index in [1.165, 1.54) is 25.5 Å². The minimum absolute atomic E-state index is 0.0514. The molecule has 0 radical (unpaired) electrons. The second-order valence-electron chi connectivity index (χ2n) is 6.34. The Hall–Kier alpha value is -2.63. The number of rotatable bonds is 8. The molecule has 0 unspecified atom stereocenters. The number of halogens is 4. The SMILES string of the molecule is CN(CCCF)S(=O)(=O)Nc1ccc(F)c(C(=O)c2c[nH]c3ncc(Cl)cc23)c1F. The fourth-order valence-electron chi connectivity index (χ4n) is 2.76. The summed E-state index contributed by atoms with van der Waals surface area (Å²) in [5.41, 5.74) is -1.36. The molecule has 0 aliphatic heterocycles. The molecule has 0 aliphatic rings. The number of aromatic amines is 1. The summed E-state index contributed by atoms with van der Waals surface area (Å²) in [4.78, 5) is 19.6. The first-order chi connectivity index (χ1) is 14.2. The third-order valence-electron chi connectivity index (χ3n) is 4.32. The quantitative estimate of drug-likeness (QED) is 0.501. The van der Waals surface area contributed by atoms with Crippen molar-refractivity contribution in [1.82, 2.24) is 14.3 Å². The van der Waals surface area contributed by atoms with Crippen molar-refractivity contribution in [2.24, 2.45) is 0 Å². The first-order valence-electron chi connectivity index (χ1n) is 8.61. The van der Waals surface area contributed by atoms with Gasteiger partial charge in [0, 0.05) is 36.9 Å². The van der Waals surface area contributed by atoms with Crippen molar-refractivity contribution in [1.29, 1.82) is 0 Å². The van der Waals surface area contributed by atoms with Gasteiger partial charge in [-0.1, -0.05) is 11.6 Å². The van der Waals surface area contributed by atoms with E-state index in [9.17, 15) is 26.4 Å². The summed E-state index contributed by atoms with van der Waals surface area (Å²) in [5, 5.41) is 0.471. The third kappa shape index (κ3) is 4.27. The Morgan fingerprint density at radius 3 is 2.77 bits per heavy atom. The molecule has 0 saturated carbocycles. The molecule has 2 aromatic heterocycles. The molecule has 0 atom stereocenters. The zero-order chi connectivity index (χ0) is 22.1. The number of nitrogens with zero attached hydrogens (tertiary/aromatic N) is 2. The molecule has 160 valence electrons. The Morgan fingerprint density at radius 2 is 2.07 bits per heavy atom. The number of carbonyl (C=O) groups is 1. The number of aromatic nitrogens is 2. The van der Waals surface area contributed by atoms with E-state index < -0.39 is 45.6 Å². The number of pyridine rings is 1. The highest BCUT2D eigenvalue weighted by Gasteiger charge is 2.27. The number of carbonyl (C=O) groups excluding carboxylic acids is 1. The van der Waals surface area contributed by atoms with Gasteiger partial charge in [-0.15, -0.1) is 0 Å². The maximum absolute atomic E-state index is 15.0. The molecule has 2 heterocycles. The number of nitrogens with one attached hydrogen (secondary N) is 2. The molecule has 0 amide bonds. The first-order valence-corrected chi connectivity index (χ1v) is 10.4. The topological polar surface area (TPSA) is 95.2 Å². The van der Waals surface area contributed by atoms with Crippen LogP contribution in [0, 0.1) is 11.6 Å². The van der Waals surface area contributed by atoms with Gasteiger partial charge < -0.3 is 4.98 Å². The number of hydrogen-bond acceptors (Lipinski definition) is 4. The molecule has 12 heteroatoms. The molecule has 0 bridgehead atoms. The zero-order valence-corrected chi connectivity index (χ0v) is 17.1. The van der Waals surface area contributed by atoms with Gasteiger partial charge in [-0.05, 0) is 24.6 Å². The molecule has 7 nitrogen and oxygen atoms in total. The molecular weight excluding hydrogens is 445 g/mol. The van der Waals surface area contributed by atoms with Gasteiger partial charge in [-0.3, -0.25) is 13.9 Å². The Kier molecular flexibility index (Phi) is 6.34. The fourth-order valence-corrected chi connectivity index (χ4v) is 3.88. The minimum Gasteiger partial charge on any atom is -0.345 e. The third-order valence-corrected chi connectivity index (χ3v) is 6.00. The molecule has 1 aromatic carbocycles. The average Bonchev–Trinajstić information content (AvgIpc) is 3.11. The van der Waals surface area contributed by atoms with Crippen LogP contribution in [0.3, 0.4) is 0 Å². The van der Waals surface area contributed by atoms with Gasteiger partial charge in [0.15, 0.2) is 5.82 Å². The Balaban J connectivity index is 2.00. The summed E-state index contributed by atoms with van der Waals surface area (Å²) in [7, 11) is -3.07. The van der Waals surface area contributed by atoms with Crippen molar-refractivity contribution in [2.75, 3.05) is 25.0 Å². The van der Waals surface area contributed by atoms with Gasteiger partial charge >= 0.3 is 10.2 Å². The summed E-state index contributed by atoms with van der Waals surface area (Å²) in [6.45, 7) is -0.879. The van der Waals surface area contributed by atoms with E-state index in [0.29, 0.717) is 0 Å². The van der Waals surface area contributed by atoms with Crippen LogP contribution in [-0.4, -0.2) is 48.7 Å². The largest absolute Gasteiger partial charge is 0.345 e. The lowest BCUT2D eigenvalue weighted by Gasteiger charge is -2.18. The summed E-state index contributed by atoms with van der Waals surface area (Å²) in [6, 6.07) is 3.04. The Bertz CT molecular complexity index is 1220. The highest BCUT2D eigenvalue weighted by molar-refractivity contribution is 7.90. The maximum atomic E-state index is 15.0. The summed E-state index contributed by atoms with van der Waals surface area (Å²) in [5.74, 6) is -3.57. The van der Waals surface area contributed by atoms with E-state index in [1.807, 2.05) is 4.72 Å². The van der Waals surface area contributed by atoms with Crippen molar-refractivity contribution < 1.29 is 26.4 Å². The van der Waals surface area contributed by atoms with Crippen molar-refractivity contribution in [3.8, 4) is 0 Å². The van der Waals surface area contributed by atoms with Gasteiger partial charge in [0.25, 0.3) is 0 Å². The van der Waals surface area contributed by atoms with Crippen LogP contribution in [0.4, 0.5) is 18.9 Å². The van der Waals surface area contributed by atoms with Gasteiger partial charge in [0.2, 0.25) is 5.78 Å². The van der Waals surface area contributed by atoms with E-state index >= 15 is 0 Å². The van der Waals surface area contributed by atoms with E-state index in [1.54, 1.807) is 0 Å². The van der Waals surface area contributed by atoms with Crippen LogP contribution in [0.1, 0.15) is 22.3 Å². The lowest BCUT2D eigenvalue weighted by molar-refractivity contribution is 0.103. The predicted octanol–water partition coefficient (Wildman–Crippen LogP) is 3.67. The van der Waals surface area contributed by atoms with Crippen LogP contribution in [0.25, 0.3) is 11.0 Å². The van der Waals surface area contributed by atoms with Gasteiger partial charge in [-0.2, -0.15) is 12.7 Å². The van der Waals surface area contributed by atoms with E-state index in [0.717, 1.165) is 16.4 Å².